The minimum Gasteiger partial charge on any atom is -0.435 e. The lowest BCUT2D eigenvalue weighted by Crippen LogP contribution is -2.34. The van der Waals surface area contributed by atoms with Crippen molar-refractivity contribution in [3.63, 3.8) is 0 Å². The van der Waals surface area contributed by atoms with E-state index in [9.17, 15) is 8.78 Å². The van der Waals surface area contributed by atoms with Crippen molar-refractivity contribution in [1.82, 2.24) is 14.9 Å². The third-order valence-electron chi connectivity index (χ3n) is 4.86. The van der Waals surface area contributed by atoms with E-state index >= 15 is 0 Å². The number of aromatic nitrogens is 2. The van der Waals surface area contributed by atoms with Gasteiger partial charge in [0.05, 0.1) is 11.7 Å². The number of alkyl halides is 2. The van der Waals surface area contributed by atoms with Gasteiger partial charge >= 0.3 is 6.61 Å². The van der Waals surface area contributed by atoms with Gasteiger partial charge in [0.1, 0.15) is 15.3 Å². The Hall–Kier alpha value is -1.22. The summed E-state index contributed by atoms with van der Waals surface area (Å²) in [6, 6.07) is 7.22. The molecule has 0 saturated heterocycles. The van der Waals surface area contributed by atoms with Gasteiger partial charge in [-0.1, -0.05) is 12.1 Å². The number of fused-ring (bicyclic) bond motifs is 1. The zero-order valence-electron chi connectivity index (χ0n) is 13.7. The minimum atomic E-state index is -2.78. The maximum atomic E-state index is 12.2. The van der Waals surface area contributed by atoms with Gasteiger partial charge in [-0.25, -0.2) is 4.98 Å². The largest absolute Gasteiger partial charge is 0.435 e. The van der Waals surface area contributed by atoms with Crippen LogP contribution in [0.5, 0.6) is 5.75 Å². The SMILES string of the molecule is FC(F)Oc1ccc(CCC2NCCn3c(C4CC4)nc(I)c32)cc1. The van der Waals surface area contributed by atoms with Crippen molar-refractivity contribution in [2.45, 2.75) is 50.8 Å². The molecular weight excluding hydrogens is 439 g/mol. The lowest BCUT2D eigenvalue weighted by atomic mass is 10.0. The van der Waals surface area contributed by atoms with Crippen molar-refractivity contribution in [3.05, 3.63) is 45.0 Å². The third kappa shape index (κ3) is 3.81. The van der Waals surface area contributed by atoms with Crippen LogP contribution in [0.15, 0.2) is 24.3 Å². The molecular formula is C18H20F2IN3O. The van der Waals surface area contributed by atoms with Crippen LogP contribution in [-0.2, 0) is 13.0 Å². The summed E-state index contributed by atoms with van der Waals surface area (Å²) in [4.78, 5) is 4.82. The Morgan fingerprint density at radius 3 is 2.72 bits per heavy atom. The van der Waals surface area contributed by atoms with Crippen molar-refractivity contribution in [3.8, 4) is 5.75 Å². The summed E-state index contributed by atoms with van der Waals surface area (Å²) in [5.74, 6) is 2.12. The molecule has 25 heavy (non-hydrogen) atoms. The first-order valence-corrected chi connectivity index (χ1v) is 9.72. The second-order valence-corrected chi connectivity index (χ2v) is 7.66. The van der Waals surface area contributed by atoms with Gasteiger partial charge in [-0.3, -0.25) is 0 Å². The van der Waals surface area contributed by atoms with Crippen LogP contribution in [0, 0.1) is 3.70 Å². The Morgan fingerprint density at radius 1 is 1.28 bits per heavy atom. The first kappa shape index (κ1) is 17.2. The molecule has 2 aromatic rings. The number of hydrogen-bond donors (Lipinski definition) is 1. The average molecular weight is 459 g/mol. The molecule has 0 bridgehead atoms. The molecule has 1 aromatic heterocycles. The lowest BCUT2D eigenvalue weighted by molar-refractivity contribution is -0.0498. The standard InChI is InChI=1S/C18H20F2IN3O/c19-18(20)25-13-6-1-11(2-7-13)3-8-14-15-16(21)23-17(12-4-5-12)24(15)10-9-22-14/h1-2,6-7,12,14,18,22H,3-5,8-10H2. The Balaban J connectivity index is 1.44. The molecule has 2 aliphatic rings. The second kappa shape index (κ2) is 7.19. The first-order valence-electron chi connectivity index (χ1n) is 8.65. The maximum Gasteiger partial charge on any atom is 0.387 e. The van der Waals surface area contributed by atoms with Crippen LogP contribution >= 0.6 is 22.6 Å². The average Bonchev–Trinajstić information content (AvgIpc) is 3.38. The maximum absolute atomic E-state index is 12.2. The van der Waals surface area contributed by atoms with E-state index in [1.165, 1.54) is 24.4 Å². The molecule has 0 spiro atoms. The highest BCUT2D eigenvalue weighted by Gasteiger charge is 2.34. The molecule has 1 aliphatic carbocycles. The molecule has 1 unspecified atom stereocenters. The van der Waals surface area contributed by atoms with Crippen LogP contribution in [0.25, 0.3) is 0 Å². The molecule has 0 radical (unpaired) electrons. The summed E-state index contributed by atoms with van der Waals surface area (Å²) >= 11 is 2.35. The molecule has 2 heterocycles. The van der Waals surface area contributed by atoms with E-state index in [1.807, 2.05) is 12.1 Å². The van der Waals surface area contributed by atoms with Gasteiger partial charge in [-0.2, -0.15) is 8.78 Å². The fraction of sp³-hybridized carbons (Fsp3) is 0.500. The molecule has 1 N–H and O–H groups in total. The Bertz CT molecular complexity index is 744. The number of imidazole rings is 1. The Labute approximate surface area is 159 Å². The fourth-order valence-electron chi connectivity index (χ4n) is 3.51. The summed E-state index contributed by atoms with van der Waals surface area (Å²) in [5.41, 5.74) is 2.43. The Morgan fingerprint density at radius 2 is 2.04 bits per heavy atom. The quantitative estimate of drug-likeness (QED) is 0.657. The predicted octanol–water partition coefficient (Wildman–Crippen LogP) is 4.24. The molecule has 134 valence electrons. The third-order valence-corrected chi connectivity index (χ3v) is 5.65. The van der Waals surface area contributed by atoms with Gasteiger partial charge in [0, 0.05) is 19.0 Å². The molecule has 1 saturated carbocycles. The van der Waals surface area contributed by atoms with Crippen molar-refractivity contribution in [2.24, 2.45) is 0 Å². The van der Waals surface area contributed by atoms with E-state index in [2.05, 4.69) is 37.2 Å². The van der Waals surface area contributed by atoms with Crippen LogP contribution in [0.1, 0.15) is 48.3 Å². The zero-order chi connectivity index (χ0) is 17.4. The smallest absolute Gasteiger partial charge is 0.387 e. The Kier molecular flexibility index (Phi) is 4.95. The molecule has 4 rings (SSSR count). The van der Waals surface area contributed by atoms with Crippen molar-refractivity contribution in [1.29, 1.82) is 0 Å². The van der Waals surface area contributed by atoms with Crippen LogP contribution in [0.4, 0.5) is 8.78 Å². The summed E-state index contributed by atoms with van der Waals surface area (Å²) in [6.45, 7) is -0.821. The predicted molar refractivity (Wildman–Crippen MR) is 99.1 cm³/mol. The lowest BCUT2D eigenvalue weighted by Gasteiger charge is -2.27. The van der Waals surface area contributed by atoms with E-state index < -0.39 is 6.61 Å². The van der Waals surface area contributed by atoms with Gasteiger partial charge in [0.15, 0.2) is 0 Å². The van der Waals surface area contributed by atoms with E-state index in [-0.39, 0.29) is 11.8 Å². The zero-order valence-corrected chi connectivity index (χ0v) is 15.9. The normalized spacial score (nSPS) is 19.9. The molecule has 0 amide bonds. The number of nitrogens with zero attached hydrogens (tertiary/aromatic N) is 2. The number of rotatable bonds is 6. The van der Waals surface area contributed by atoms with Crippen LogP contribution in [-0.4, -0.2) is 22.7 Å². The number of ether oxygens (including phenoxy) is 1. The highest BCUT2D eigenvalue weighted by atomic mass is 127. The number of hydrogen-bond acceptors (Lipinski definition) is 3. The highest BCUT2D eigenvalue weighted by Crippen LogP contribution is 2.42. The van der Waals surface area contributed by atoms with Gasteiger partial charge in [0.2, 0.25) is 0 Å². The van der Waals surface area contributed by atoms with E-state index in [4.69, 9.17) is 4.98 Å². The number of aryl methyl sites for hydroxylation is 1. The summed E-state index contributed by atoms with van der Waals surface area (Å²) in [7, 11) is 0. The van der Waals surface area contributed by atoms with E-state index in [0.717, 1.165) is 35.2 Å². The molecule has 4 nitrogen and oxygen atoms in total. The second-order valence-electron chi connectivity index (χ2n) is 6.64. The van der Waals surface area contributed by atoms with E-state index in [1.54, 1.807) is 12.1 Å². The molecule has 1 atom stereocenters. The van der Waals surface area contributed by atoms with Crippen LogP contribution < -0.4 is 10.1 Å². The van der Waals surface area contributed by atoms with Crippen molar-refractivity contribution >= 4 is 22.6 Å². The monoisotopic (exact) mass is 459 g/mol. The van der Waals surface area contributed by atoms with Gasteiger partial charge in [-0.15, -0.1) is 0 Å². The summed E-state index contributed by atoms with van der Waals surface area (Å²) < 4.78 is 32.4. The van der Waals surface area contributed by atoms with Crippen molar-refractivity contribution in [2.75, 3.05) is 6.54 Å². The summed E-state index contributed by atoms with van der Waals surface area (Å²) in [6.07, 6.45) is 4.36. The molecule has 1 aromatic carbocycles. The van der Waals surface area contributed by atoms with Crippen molar-refractivity contribution < 1.29 is 13.5 Å². The topological polar surface area (TPSA) is 39.1 Å². The number of benzene rings is 1. The number of halogens is 3. The highest BCUT2D eigenvalue weighted by molar-refractivity contribution is 14.1. The molecule has 1 aliphatic heterocycles. The van der Waals surface area contributed by atoms with Gasteiger partial charge in [0.25, 0.3) is 0 Å². The minimum absolute atomic E-state index is 0.205. The fourth-order valence-corrected chi connectivity index (χ4v) is 4.42. The van der Waals surface area contributed by atoms with Gasteiger partial charge in [-0.05, 0) is 66.0 Å². The summed E-state index contributed by atoms with van der Waals surface area (Å²) in [5, 5.41) is 3.61. The molecule has 7 heteroatoms. The van der Waals surface area contributed by atoms with E-state index in [0.29, 0.717) is 5.92 Å². The van der Waals surface area contributed by atoms with Gasteiger partial charge < -0.3 is 14.6 Å². The van der Waals surface area contributed by atoms with Crippen LogP contribution in [0.3, 0.4) is 0 Å². The number of nitrogens with one attached hydrogen (secondary N) is 1. The van der Waals surface area contributed by atoms with Crippen LogP contribution in [0.2, 0.25) is 0 Å². The first-order chi connectivity index (χ1) is 12.1. The molecule has 1 fully saturated rings.